The minimum Gasteiger partial charge on any atom is -0.252 e. The zero-order valence-corrected chi connectivity index (χ0v) is 12.9. The summed E-state index contributed by atoms with van der Waals surface area (Å²) in [5.74, 6) is 0.949. The molecule has 0 radical (unpaired) electrons. The Kier molecular flexibility index (Phi) is 3.66. The first-order valence-corrected chi connectivity index (χ1v) is 7.90. The van der Waals surface area contributed by atoms with E-state index < -0.39 is 0 Å². The molecule has 0 saturated heterocycles. The molecule has 2 unspecified atom stereocenters. The Morgan fingerprint density at radius 1 is 0.850 bits per heavy atom. The van der Waals surface area contributed by atoms with Crippen molar-refractivity contribution in [3.63, 3.8) is 0 Å². The third-order valence-electron chi connectivity index (χ3n) is 3.64. The van der Waals surface area contributed by atoms with E-state index in [0.29, 0.717) is 11.8 Å². The highest BCUT2D eigenvalue weighted by Crippen LogP contribution is 2.39. The second-order valence-electron chi connectivity index (χ2n) is 5.48. The van der Waals surface area contributed by atoms with Gasteiger partial charge in [0.2, 0.25) is 0 Å². The Labute approximate surface area is 125 Å². The Balaban J connectivity index is 2.08. The second kappa shape index (κ2) is 5.45. The zero-order valence-electron chi connectivity index (χ0n) is 12.1. The molecule has 0 aromatic carbocycles. The van der Waals surface area contributed by atoms with Crippen LogP contribution in [0.15, 0.2) is 74.7 Å². The fourth-order valence-corrected chi connectivity index (χ4v) is 3.44. The largest absolute Gasteiger partial charge is 0.252 e. The van der Waals surface area contributed by atoms with E-state index in [1.54, 1.807) is 0 Å². The summed E-state index contributed by atoms with van der Waals surface area (Å²) in [4.78, 5) is 7.37. The van der Waals surface area contributed by atoms with Crippen molar-refractivity contribution < 1.29 is 0 Å². The van der Waals surface area contributed by atoms with E-state index in [1.807, 2.05) is 11.8 Å². The third kappa shape index (κ3) is 2.66. The van der Waals surface area contributed by atoms with Crippen molar-refractivity contribution in [1.82, 2.24) is 0 Å². The molecule has 0 bridgehead atoms. The molecule has 2 heteroatoms. The number of thioether (sulfide) groups is 1. The quantitative estimate of drug-likeness (QED) is 0.595. The molecule has 0 aromatic heterocycles. The normalized spacial score (nSPS) is 28.6. The molecule has 0 fully saturated rings. The van der Waals surface area contributed by atoms with E-state index >= 15 is 0 Å². The van der Waals surface area contributed by atoms with Crippen molar-refractivity contribution in [1.29, 1.82) is 0 Å². The molecule has 3 rings (SSSR count). The van der Waals surface area contributed by atoms with E-state index in [1.165, 1.54) is 15.4 Å². The zero-order chi connectivity index (χ0) is 14.1. The Morgan fingerprint density at radius 3 is 2.20 bits per heavy atom. The van der Waals surface area contributed by atoms with Gasteiger partial charge >= 0.3 is 0 Å². The Morgan fingerprint density at radius 2 is 1.45 bits per heavy atom. The lowest BCUT2D eigenvalue weighted by Crippen LogP contribution is -1.96. The molecule has 0 spiro atoms. The summed E-state index contributed by atoms with van der Waals surface area (Å²) in [6, 6.07) is 0. The van der Waals surface area contributed by atoms with Crippen molar-refractivity contribution in [2.24, 2.45) is 16.8 Å². The van der Waals surface area contributed by atoms with Crippen molar-refractivity contribution in [2.45, 2.75) is 20.8 Å². The maximum Gasteiger partial charge on any atom is 0.0769 e. The van der Waals surface area contributed by atoms with Crippen LogP contribution in [0.4, 0.5) is 0 Å². The van der Waals surface area contributed by atoms with Gasteiger partial charge in [0.1, 0.15) is 0 Å². The predicted molar refractivity (Wildman–Crippen MR) is 89.6 cm³/mol. The molecule has 20 heavy (non-hydrogen) atoms. The van der Waals surface area contributed by atoms with Gasteiger partial charge in [0.05, 0.1) is 5.70 Å². The molecule has 1 aliphatic heterocycles. The first-order valence-electron chi connectivity index (χ1n) is 7.08. The van der Waals surface area contributed by atoms with Gasteiger partial charge in [0, 0.05) is 21.1 Å². The van der Waals surface area contributed by atoms with Crippen LogP contribution in [0.2, 0.25) is 0 Å². The van der Waals surface area contributed by atoms with Gasteiger partial charge in [0.15, 0.2) is 0 Å². The number of nitrogens with zero attached hydrogens (tertiary/aromatic N) is 1. The minimum absolute atomic E-state index is 0.469. The molecule has 1 heterocycles. The van der Waals surface area contributed by atoms with E-state index in [9.17, 15) is 0 Å². The molecular weight excluding hydrogens is 262 g/mol. The number of allylic oxidation sites excluding steroid dienone is 9. The molecule has 0 saturated carbocycles. The highest BCUT2D eigenvalue weighted by atomic mass is 32.2. The van der Waals surface area contributed by atoms with Crippen molar-refractivity contribution in [2.75, 3.05) is 0 Å². The van der Waals surface area contributed by atoms with E-state index in [0.717, 1.165) is 11.4 Å². The lowest BCUT2D eigenvalue weighted by Gasteiger charge is -2.05. The SMILES string of the molecule is CC1=NC2=C(C=CC(C)C=C2)SC2=C1C=CC(C)C=C2. The van der Waals surface area contributed by atoms with Gasteiger partial charge in [0.25, 0.3) is 0 Å². The van der Waals surface area contributed by atoms with Gasteiger partial charge < -0.3 is 0 Å². The maximum atomic E-state index is 4.84. The highest BCUT2D eigenvalue weighted by molar-refractivity contribution is 8.07. The minimum atomic E-state index is 0.469. The number of hydrogen-bond donors (Lipinski definition) is 0. The van der Waals surface area contributed by atoms with Crippen LogP contribution in [0.1, 0.15) is 20.8 Å². The van der Waals surface area contributed by atoms with Crippen molar-refractivity contribution >= 4 is 17.5 Å². The molecule has 3 aliphatic rings. The fourth-order valence-electron chi connectivity index (χ4n) is 2.36. The topological polar surface area (TPSA) is 12.4 Å². The first-order chi connectivity index (χ1) is 9.63. The summed E-state index contributed by atoms with van der Waals surface area (Å²) in [7, 11) is 0. The predicted octanol–water partition coefficient (Wildman–Crippen LogP) is 5.18. The number of rotatable bonds is 0. The molecular formula is C18H19NS. The molecule has 1 nitrogen and oxygen atoms in total. The van der Waals surface area contributed by atoms with Gasteiger partial charge in [-0.1, -0.05) is 62.1 Å². The Bertz CT molecular complexity index is 638. The molecule has 0 aromatic rings. The van der Waals surface area contributed by atoms with Gasteiger partial charge in [-0.2, -0.15) is 0 Å². The summed E-state index contributed by atoms with van der Waals surface area (Å²) in [6.45, 7) is 6.50. The third-order valence-corrected chi connectivity index (χ3v) is 4.78. The van der Waals surface area contributed by atoms with E-state index in [4.69, 9.17) is 4.99 Å². The summed E-state index contributed by atoms with van der Waals surface area (Å²) < 4.78 is 0. The Hall–Kier alpha value is -1.54. The van der Waals surface area contributed by atoms with Gasteiger partial charge in [-0.05, 0) is 30.9 Å². The van der Waals surface area contributed by atoms with Crippen LogP contribution in [0, 0.1) is 11.8 Å². The molecule has 0 amide bonds. The van der Waals surface area contributed by atoms with Gasteiger partial charge in [-0.3, -0.25) is 4.99 Å². The molecule has 0 N–H and O–H groups in total. The molecule has 2 aliphatic carbocycles. The lowest BCUT2D eigenvalue weighted by molar-refractivity contribution is 0.941. The molecule has 102 valence electrons. The van der Waals surface area contributed by atoms with Crippen LogP contribution in [-0.2, 0) is 0 Å². The smallest absolute Gasteiger partial charge is 0.0769 e. The average molecular weight is 281 g/mol. The maximum absolute atomic E-state index is 4.84. The average Bonchev–Trinajstić information content (AvgIpc) is 2.75. The van der Waals surface area contributed by atoms with Gasteiger partial charge in [-0.25, -0.2) is 0 Å². The van der Waals surface area contributed by atoms with Crippen molar-refractivity contribution in [3.05, 3.63) is 69.7 Å². The van der Waals surface area contributed by atoms with Crippen LogP contribution < -0.4 is 0 Å². The second-order valence-corrected chi connectivity index (χ2v) is 6.57. The summed E-state index contributed by atoms with van der Waals surface area (Å²) >= 11 is 1.82. The van der Waals surface area contributed by atoms with Crippen molar-refractivity contribution in [3.8, 4) is 0 Å². The highest BCUT2D eigenvalue weighted by Gasteiger charge is 2.17. The fraction of sp³-hybridized carbons (Fsp3) is 0.278. The van der Waals surface area contributed by atoms with E-state index in [-0.39, 0.29) is 0 Å². The lowest BCUT2D eigenvalue weighted by atomic mass is 10.1. The first kappa shape index (κ1) is 13.4. The standard InChI is InChI=1S/C18H19NS/c1-12-4-8-15-14(3)19-16-9-5-13(2)7-11-18(16)20-17(15)10-6-12/h4-13H,1-3H3. The number of hydrogen-bond acceptors (Lipinski definition) is 2. The van der Waals surface area contributed by atoms with Crippen LogP contribution in [0.5, 0.6) is 0 Å². The summed E-state index contributed by atoms with van der Waals surface area (Å²) in [5.41, 5.74) is 3.43. The number of aliphatic imine (C=N–C) groups is 1. The van der Waals surface area contributed by atoms with Crippen LogP contribution in [0.25, 0.3) is 0 Å². The van der Waals surface area contributed by atoms with Crippen LogP contribution >= 0.6 is 11.8 Å². The van der Waals surface area contributed by atoms with E-state index in [2.05, 4.69) is 69.4 Å². The van der Waals surface area contributed by atoms with Crippen LogP contribution in [0.3, 0.4) is 0 Å². The monoisotopic (exact) mass is 281 g/mol. The molecule has 2 atom stereocenters. The van der Waals surface area contributed by atoms with Gasteiger partial charge in [-0.15, -0.1) is 0 Å². The van der Waals surface area contributed by atoms with Crippen LogP contribution in [-0.4, -0.2) is 5.71 Å². The summed E-state index contributed by atoms with van der Waals surface area (Å²) in [5, 5.41) is 0. The summed E-state index contributed by atoms with van der Waals surface area (Å²) in [6.07, 6.45) is 17.8.